The standard InChI is InChI=1S/C11H11BrN4O/c1-6-3-4-8(5-9(6)12)13-11(17)10-7(2)14-16-15-10/h3-5H,1-2H3,(H,13,17)(H,14,15,16). The number of aromatic nitrogens is 3. The number of carbonyl (C=O) groups is 1. The lowest BCUT2D eigenvalue weighted by atomic mass is 10.2. The Bertz CT molecular complexity index is 564. The highest BCUT2D eigenvalue weighted by atomic mass is 79.9. The Morgan fingerprint density at radius 3 is 2.71 bits per heavy atom. The van der Waals surface area contributed by atoms with E-state index in [0.717, 1.165) is 15.7 Å². The summed E-state index contributed by atoms with van der Waals surface area (Å²) in [4.78, 5) is 11.8. The third kappa shape index (κ3) is 2.52. The summed E-state index contributed by atoms with van der Waals surface area (Å²) in [5.74, 6) is -0.271. The lowest BCUT2D eigenvalue weighted by Crippen LogP contribution is -2.13. The molecule has 0 aliphatic carbocycles. The fraction of sp³-hybridized carbons (Fsp3) is 0.182. The zero-order valence-corrected chi connectivity index (χ0v) is 11.0. The van der Waals surface area contributed by atoms with E-state index in [1.54, 1.807) is 6.92 Å². The molecule has 1 aromatic heterocycles. The van der Waals surface area contributed by atoms with Gasteiger partial charge >= 0.3 is 0 Å². The second-order valence-electron chi connectivity index (χ2n) is 3.68. The van der Waals surface area contributed by atoms with Crippen molar-refractivity contribution in [3.63, 3.8) is 0 Å². The van der Waals surface area contributed by atoms with Gasteiger partial charge in [-0.1, -0.05) is 22.0 Å². The number of amides is 1. The first-order valence-electron chi connectivity index (χ1n) is 5.03. The molecule has 0 radical (unpaired) electrons. The summed E-state index contributed by atoms with van der Waals surface area (Å²) in [6.45, 7) is 3.71. The van der Waals surface area contributed by atoms with Crippen molar-refractivity contribution in [3.8, 4) is 0 Å². The van der Waals surface area contributed by atoms with Crippen LogP contribution in [0.4, 0.5) is 5.69 Å². The molecule has 6 heteroatoms. The van der Waals surface area contributed by atoms with Crippen LogP contribution in [-0.4, -0.2) is 21.3 Å². The first-order chi connectivity index (χ1) is 8.08. The van der Waals surface area contributed by atoms with Gasteiger partial charge in [-0.15, -0.1) is 0 Å². The molecule has 1 aromatic carbocycles. The van der Waals surface area contributed by atoms with E-state index in [9.17, 15) is 4.79 Å². The lowest BCUT2D eigenvalue weighted by molar-refractivity contribution is 0.102. The Kier molecular flexibility index (Phi) is 3.23. The van der Waals surface area contributed by atoms with Gasteiger partial charge in [-0.05, 0) is 31.5 Å². The second-order valence-corrected chi connectivity index (χ2v) is 4.53. The highest BCUT2D eigenvalue weighted by Crippen LogP contribution is 2.21. The normalized spacial score (nSPS) is 10.3. The minimum Gasteiger partial charge on any atom is -0.320 e. The van der Waals surface area contributed by atoms with E-state index >= 15 is 0 Å². The van der Waals surface area contributed by atoms with Crippen molar-refractivity contribution in [3.05, 3.63) is 39.6 Å². The number of rotatable bonds is 2. The Balaban J connectivity index is 2.19. The molecule has 2 rings (SSSR count). The monoisotopic (exact) mass is 294 g/mol. The predicted molar refractivity (Wildman–Crippen MR) is 68.0 cm³/mol. The third-order valence-corrected chi connectivity index (χ3v) is 3.22. The number of halogens is 1. The smallest absolute Gasteiger partial charge is 0.278 e. The zero-order valence-electron chi connectivity index (χ0n) is 9.41. The molecule has 2 N–H and O–H groups in total. The van der Waals surface area contributed by atoms with Crippen LogP contribution < -0.4 is 5.32 Å². The van der Waals surface area contributed by atoms with Gasteiger partial charge < -0.3 is 5.32 Å². The minimum absolute atomic E-state index is 0.271. The van der Waals surface area contributed by atoms with E-state index in [0.29, 0.717) is 11.4 Å². The van der Waals surface area contributed by atoms with Crippen molar-refractivity contribution >= 4 is 27.5 Å². The van der Waals surface area contributed by atoms with Crippen molar-refractivity contribution in [2.45, 2.75) is 13.8 Å². The second kappa shape index (κ2) is 4.67. The van der Waals surface area contributed by atoms with Crippen molar-refractivity contribution in [2.75, 3.05) is 5.32 Å². The Morgan fingerprint density at radius 2 is 2.12 bits per heavy atom. The largest absolute Gasteiger partial charge is 0.320 e. The maximum atomic E-state index is 11.8. The SMILES string of the molecule is Cc1ccc(NC(=O)c2n[nH]nc2C)cc1Br. The van der Waals surface area contributed by atoms with Gasteiger partial charge in [-0.25, -0.2) is 0 Å². The van der Waals surface area contributed by atoms with Gasteiger partial charge in [0, 0.05) is 10.2 Å². The summed E-state index contributed by atoms with van der Waals surface area (Å²) < 4.78 is 0.951. The van der Waals surface area contributed by atoms with Gasteiger partial charge in [0.15, 0.2) is 5.69 Å². The van der Waals surface area contributed by atoms with E-state index in [1.165, 1.54) is 0 Å². The van der Waals surface area contributed by atoms with Gasteiger partial charge in [-0.3, -0.25) is 4.79 Å². The van der Waals surface area contributed by atoms with Gasteiger partial charge in [0.1, 0.15) is 0 Å². The maximum absolute atomic E-state index is 11.8. The fourth-order valence-electron chi connectivity index (χ4n) is 1.36. The summed E-state index contributed by atoms with van der Waals surface area (Å²) in [5, 5.41) is 12.8. The van der Waals surface area contributed by atoms with Crippen molar-refractivity contribution in [1.29, 1.82) is 0 Å². The van der Waals surface area contributed by atoms with E-state index in [-0.39, 0.29) is 5.91 Å². The molecule has 0 saturated heterocycles. The van der Waals surface area contributed by atoms with Crippen LogP contribution in [0.2, 0.25) is 0 Å². The first kappa shape index (κ1) is 11.8. The van der Waals surface area contributed by atoms with E-state index < -0.39 is 0 Å². The summed E-state index contributed by atoms with van der Waals surface area (Å²) in [6, 6.07) is 5.62. The average Bonchev–Trinajstić information content (AvgIpc) is 2.70. The molecule has 1 heterocycles. The summed E-state index contributed by atoms with van der Waals surface area (Å²) in [5.41, 5.74) is 2.71. The van der Waals surface area contributed by atoms with Crippen molar-refractivity contribution in [1.82, 2.24) is 15.4 Å². The summed E-state index contributed by atoms with van der Waals surface area (Å²) in [6.07, 6.45) is 0. The number of carbonyl (C=O) groups excluding carboxylic acids is 1. The Hall–Kier alpha value is -1.69. The molecule has 0 aliphatic rings. The molecule has 0 bridgehead atoms. The van der Waals surface area contributed by atoms with Gasteiger partial charge in [-0.2, -0.15) is 15.4 Å². The maximum Gasteiger partial charge on any atom is 0.278 e. The van der Waals surface area contributed by atoms with E-state index in [1.807, 2.05) is 25.1 Å². The highest BCUT2D eigenvalue weighted by Gasteiger charge is 2.13. The lowest BCUT2D eigenvalue weighted by Gasteiger charge is -2.05. The van der Waals surface area contributed by atoms with Crippen LogP contribution in [0.1, 0.15) is 21.7 Å². The van der Waals surface area contributed by atoms with Crippen molar-refractivity contribution in [2.24, 2.45) is 0 Å². The number of nitrogens with zero attached hydrogens (tertiary/aromatic N) is 2. The highest BCUT2D eigenvalue weighted by molar-refractivity contribution is 9.10. The van der Waals surface area contributed by atoms with E-state index in [2.05, 4.69) is 36.7 Å². The number of anilines is 1. The molecule has 1 amide bonds. The van der Waals surface area contributed by atoms with Gasteiger partial charge in [0.25, 0.3) is 5.91 Å². The van der Waals surface area contributed by atoms with Crippen LogP contribution in [0.15, 0.2) is 22.7 Å². The quantitative estimate of drug-likeness (QED) is 0.894. The number of hydrogen-bond donors (Lipinski definition) is 2. The third-order valence-electron chi connectivity index (χ3n) is 2.37. The van der Waals surface area contributed by atoms with Crippen LogP contribution in [0.3, 0.4) is 0 Å². The van der Waals surface area contributed by atoms with Gasteiger partial charge in [0.05, 0.1) is 5.69 Å². The number of benzene rings is 1. The molecule has 2 aromatic rings. The number of H-pyrrole nitrogens is 1. The molecule has 0 fully saturated rings. The van der Waals surface area contributed by atoms with E-state index in [4.69, 9.17) is 0 Å². The number of nitrogens with one attached hydrogen (secondary N) is 2. The molecule has 0 unspecified atom stereocenters. The first-order valence-corrected chi connectivity index (χ1v) is 5.82. The molecule has 0 saturated carbocycles. The molecule has 0 atom stereocenters. The summed E-state index contributed by atoms with van der Waals surface area (Å²) in [7, 11) is 0. The van der Waals surface area contributed by atoms with Gasteiger partial charge in [0.2, 0.25) is 0 Å². The zero-order chi connectivity index (χ0) is 12.4. The molecular formula is C11H11BrN4O. The molecule has 88 valence electrons. The number of hydrogen-bond acceptors (Lipinski definition) is 3. The number of aryl methyl sites for hydroxylation is 2. The molecule has 0 spiro atoms. The molecule has 0 aliphatic heterocycles. The Labute approximate surface area is 107 Å². The van der Waals surface area contributed by atoms with Crippen molar-refractivity contribution < 1.29 is 4.79 Å². The topological polar surface area (TPSA) is 70.7 Å². The fourth-order valence-corrected chi connectivity index (χ4v) is 1.74. The van der Waals surface area contributed by atoms with Crippen LogP contribution in [0.5, 0.6) is 0 Å². The van der Waals surface area contributed by atoms with Crippen LogP contribution in [0.25, 0.3) is 0 Å². The average molecular weight is 295 g/mol. The van der Waals surface area contributed by atoms with Crippen LogP contribution in [-0.2, 0) is 0 Å². The number of aromatic amines is 1. The Morgan fingerprint density at radius 1 is 1.35 bits per heavy atom. The van der Waals surface area contributed by atoms with Crippen LogP contribution in [0, 0.1) is 13.8 Å². The van der Waals surface area contributed by atoms with Crippen LogP contribution >= 0.6 is 15.9 Å². The minimum atomic E-state index is -0.271. The molecule has 5 nitrogen and oxygen atoms in total. The predicted octanol–water partition coefficient (Wildman–Crippen LogP) is 2.44. The molecule has 17 heavy (non-hydrogen) atoms. The summed E-state index contributed by atoms with van der Waals surface area (Å²) >= 11 is 3.41. The molecular weight excluding hydrogens is 284 g/mol.